The van der Waals surface area contributed by atoms with Crippen LogP contribution in [0.2, 0.25) is 5.02 Å². The molecule has 0 atom stereocenters. The highest BCUT2D eigenvalue weighted by atomic mass is 35.5. The third-order valence-corrected chi connectivity index (χ3v) is 7.08. The number of amides is 1. The third-order valence-electron chi connectivity index (χ3n) is 4.50. The van der Waals surface area contributed by atoms with Crippen LogP contribution in [0.5, 0.6) is 0 Å². The Labute approximate surface area is 194 Å². The van der Waals surface area contributed by atoms with Gasteiger partial charge in [-0.1, -0.05) is 23.4 Å². The Morgan fingerprint density at radius 3 is 2.53 bits per heavy atom. The number of rotatable bonds is 8. The molecule has 1 heterocycles. The molecule has 1 aromatic heterocycles. The van der Waals surface area contributed by atoms with Gasteiger partial charge in [0.05, 0.1) is 24.2 Å². The van der Waals surface area contributed by atoms with Gasteiger partial charge in [-0.25, -0.2) is 12.8 Å². The number of aromatic nitrogens is 3. The van der Waals surface area contributed by atoms with Crippen LogP contribution in [0.4, 0.5) is 15.8 Å². The number of hydrogen-bond acceptors (Lipinski definition) is 6. The zero-order valence-electron chi connectivity index (χ0n) is 17.5. The van der Waals surface area contributed by atoms with Crippen LogP contribution in [0.25, 0.3) is 0 Å². The summed E-state index contributed by atoms with van der Waals surface area (Å²) in [4.78, 5) is 12.3. The average molecular weight is 498 g/mol. The lowest BCUT2D eigenvalue weighted by molar-refractivity contribution is -0.113. The quantitative estimate of drug-likeness (QED) is 0.477. The van der Waals surface area contributed by atoms with Crippen LogP contribution >= 0.6 is 23.4 Å². The Hall–Kier alpha value is -2.63. The third kappa shape index (κ3) is 5.99. The highest BCUT2D eigenvalue weighted by molar-refractivity contribution is 7.99. The fraction of sp³-hybridized carbons (Fsp3) is 0.250. The van der Waals surface area contributed by atoms with E-state index in [-0.39, 0.29) is 18.2 Å². The molecule has 2 aromatic carbocycles. The fourth-order valence-electron chi connectivity index (χ4n) is 2.79. The van der Waals surface area contributed by atoms with Crippen molar-refractivity contribution in [1.29, 1.82) is 0 Å². The van der Waals surface area contributed by atoms with Crippen molar-refractivity contribution in [3.8, 4) is 0 Å². The Balaban J connectivity index is 1.68. The van der Waals surface area contributed by atoms with Crippen molar-refractivity contribution in [2.45, 2.75) is 18.6 Å². The number of hydrogen-bond donors (Lipinski definition) is 1. The number of nitrogens with zero attached hydrogens (tertiary/aromatic N) is 4. The molecule has 0 unspecified atom stereocenters. The minimum atomic E-state index is -3.65. The number of carbonyl (C=O) groups is 1. The molecule has 170 valence electrons. The van der Waals surface area contributed by atoms with Crippen LogP contribution in [0.1, 0.15) is 11.4 Å². The zero-order valence-corrected chi connectivity index (χ0v) is 19.9. The van der Waals surface area contributed by atoms with Gasteiger partial charge in [0.25, 0.3) is 0 Å². The second-order valence-corrected chi connectivity index (χ2v) is 10.3. The first-order valence-corrected chi connectivity index (χ1v) is 12.6. The largest absolute Gasteiger partial charge is 0.325 e. The summed E-state index contributed by atoms with van der Waals surface area (Å²) in [7, 11) is -1.97. The van der Waals surface area contributed by atoms with Crippen LogP contribution in [-0.4, -0.2) is 41.1 Å². The Morgan fingerprint density at radius 1 is 1.22 bits per heavy atom. The van der Waals surface area contributed by atoms with E-state index in [1.54, 1.807) is 29.8 Å². The Bertz CT molecular complexity index is 1230. The van der Waals surface area contributed by atoms with Gasteiger partial charge in [0.2, 0.25) is 15.9 Å². The van der Waals surface area contributed by atoms with Gasteiger partial charge >= 0.3 is 0 Å². The first kappa shape index (κ1) is 24.0. The lowest BCUT2D eigenvalue weighted by atomic mass is 10.2. The van der Waals surface area contributed by atoms with E-state index in [9.17, 15) is 17.6 Å². The van der Waals surface area contributed by atoms with E-state index in [0.717, 1.165) is 16.1 Å². The SMILES string of the molecule is Cc1cc(NC(=O)CSc2nnc(CN(c3ccc(F)cc3)S(C)(=O)=O)n2C)ccc1Cl. The van der Waals surface area contributed by atoms with Crippen molar-refractivity contribution in [1.82, 2.24) is 14.8 Å². The Kier molecular flexibility index (Phi) is 7.42. The maximum absolute atomic E-state index is 13.2. The van der Waals surface area contributed by atoms with E-state index in [1.807, 2.05) is 6.92 Å². The van der Waals surface area contributed by atoms with Crippen LogP contribution in [0, 0.1) is 12.7 Å². The van der Waals surface area contributed by atoms with Gasteiger partial charge in [-0.05, 0) is 55.0 Å². The van der Waals surface area contributed by atoms with Gasteiger partial charge in [-0.2, -0.15) is 0 Å². The fourth-order valence-corrected chi connectivity index (χ4v) is 4.50. The normalized spacial score (nSPS) is 11.4. The van der Waals surface area contributed by atoms with Crippen LogP contribution in [-0.2, 0) is 28.4 Å². The molecule has 0 spiro atoms. The van der Waals surface area contributed by atoms with Crippen molar-refractivity contribution in [3.05, 3.63) is 64.7 Å². The molecule has 12 heteroatoms. The molecule has 0 fully saturated rings. The van der Waals surface area contributed by atoms with E-state index in [1.165, 1.54) is 36.0 Å². The number of aryl methyl sites for hydroxylation is 1. The number of nitrogens with one attached hydrogen (secondary N) is 1. The molecule has 0 aliphatic heterocycles. The van der Waals surface area contributed by atoms with E-state index in [2.05, 4.69) is 15.5 Å². The van der Waals surface area contributed by atoms with E-state index >= 15 is 0 Å². The summed E-state index contributed by atoms with van der Waals surface area (Å²) >= 11 is 7.16. The van der Waals surface area contributed by atoms with Gasteiger partial charge in [0.1, 0.15) is 5.82 Å². The lowest BCUT2D eigenvalue weighted by Gasteiger charge is -2.21. The molecule has 1 N–H and O–H groups in total. The summed E-state index contributed by atoms with van der Waals surface area (Å²) in [6, 6.07) is 10.3. The van der Waals surface area contributed by atoms with Crippen LogP contribution in [0.15, 0.2) is 47.6 Å². The highest BCUT2D eigenvalue weighted by Gasteiger charge is 2.22. The first-order valence-electron chi connectivity index (χ1n) is 9.35. The van der Waals surface area contributed by atoms with Gasteiger partial charge in [-0.3, -0.25) is 9.10 Å². The van der Waals surface area contributed by atoms with Crippen LogP contribution < -0.4 is 9.62 Å². The van der Waals surface area contributed by atoms with Gasteiger partial charge in [-0.15, -0.1) is 10.2 Å². The van der Waals surface area contributed by atoms with Crippen molar-refractivity contribution in [2.24, 2.45) is 7.05 Å². The standard InChI is InChI=1S/C20H21ClFN5O3S2/c1-13-10-15(6-9-17(13)21)23-19(28)12-31-20-25-24-18(26(20)2)11-27(32(3,29)30)16-7-4-14(22)5-8-16/h4-10H,11-12H2,1-3H3,(H,23,28). The monoisotopic (exact) mass is 497 g/mol. The maximum Gasteiger partial charge on any atom is 0.234 e. The van der Waals surface area contributed by atoms with Crippen molar-refractivity contribution in [3.63, 3.8) is 0 Å². The zero-order chi connectivity index (χ0) is 23.5. The molecule has 8 nitrogen and oxygen atoms in total. The van der Waals surface area contributed by atoms with Gasteiger partial charge in [0, 0.05) is 17.8 Å². The molecule has 3 rings (SSSR count). The van der Waals surface area contributed by atoms with Crippen molar-refractivity contribution >= 4 is 50.7 Å². The molecule has 3 aromatic rings. The van der Waals surface area contributed by atoms with Crippen LogP contribution in [0.3, 0.4) is 0 Å². The number of halogens is 2. The minimum Gasteiger partial charge on any atom is -0.325 e. The number of anilines is 2. The Morgan fingerprint density at radius 2 is 1.91 bits per heavy atom. The molecular weight excluding hydrogens is 477 g/mol. The maximum atomic E-state index is 13.2. The molecule has 0 radical (unpaired) electrons. The summed E-state index contributed by atoms with van der Waals surface area (Å²) < 4.78 is 40.5. The topological polar surface area (TPSA) is 97.2 Å². The number of carbonyl (C=O) groups excluding carboxylic acids is 1. The predicted octanol–water partition coefficient (Wildman–Crippen LogP) is 3.61. The summed E-state index contributed by atoms with van der Waals surface area (Å²) in [6.45, 7) is 1.75. The number of thioether (sulfide) groups is 1. The van der Waals surface area contributed by atoms with E-state index in [4.69, 9.17) is 11.6 Å². The molecule has 0 aliphatic carbocycles. The highest BCUT2D eigenvalue weighted by Crippen LogP contribution is 2.23. The molecule has 0 bridgehead atoms. The van der Waals surface area contributed by atoms with Crippen molar-refractivity contribution in [2.75, 3.05) is 21.6 Å². The lowest BCUT2D eigenvalue weighted by Crippen LogP contribution is -2.30. The smallest absolute Gasteiger partial charge is 0.234 e. The molecule has 1 amide bonds. The summed E-state index contributed by atoms with van der Waals surface area (Å²) in [6.07, 6.45) is 1.06. The second kappa shape index (κ2) is 9.88. The van der Waals surface area contributed by atoms with Gasteiger partial charge in [0.15, 0.2) is 11.0 Å². The summed E-state index contributed by atoms with van der Waals surface area (Å²) in [5, 5.41) is 12.0. The predicted molar refractivity (Wildman–Crippen MR) is 124 cm³/mol. The molecule has 0 saturated carbocycles. The molecular formula is C20H21ClFN5O3S2. The molecule has 0 saturated heterocycles. The average Bonchev–Trinajstić information content (AvgIpc) is 3.07. The summed E-state index contributed by atoms with van der Waals surface area (Å²) in [5.74, 6) is -0.241. The number of benzene rings is 2. The first-order chi connectivity index (χ1) is 15.0. The van der Waals surface area contributed by atoms with E-state index in [0.29, 0.717) is 27.4 Å². The van der Waals surface area contributed by atoms with Crippen molar-refractivity contribution < 1.29 is 17.6 Å². The van der Waals surface area contributed by atoms with Gasteiger partial charge < -0.3 is 9.88 Å². The van der Waals surface area contributed by atoms with E-state index < -0.39 is 15.8 Å². The molecule has 32 heavy (non-hydrogen) atoms. The molecule has 0 aliphatic rings. The minimum absolute atomic E-state index is 0.0847. The second-order valence-electron chi connectivity index (χ2n) is 7.00. The number of sulfonamides is 1. The summed E-state index contributed by atoms with van der Waals surface area (Å²) in [5.41, 5.74) is 1.80.